The minimum Gasteiger partial charge on any atom is -0.271 e. The molecule has 0 saturated heterocycles. The molecule has 0 aliphatic rings. The Hall–Kier alpha value is -3.52. The minimum absolute atomic E-state index is 0.0888. The Kier molecular flexibility index (Phi) is 7.60. The molecule has 1 aromatic heterocycles. The van der Waals surface area contributed by atoms with Gasteiger partial charge in [0.15, 0.2) is 0 Å². The molecule has 0 saturated carbocycles. The fourth-order valence-corrected chi connectivity index (χ4v) is 4.96. The van der Waals surface area contributed by atoms with Crippen molar-refractivity contribution in [1.82, 2.24) is 10.4 Å². The summed E-state index contributed by atoms with van der Waals surface area (Å²) in [5.74, 6) is -0.546. The Bertz CT molecular complexity index is 1200. The maximum Gasteiger partial charge on any atom is 0.264 e. The molecular formula is C25H28N4O3S. The van der Waals surface area contributed by atoms with Crippen LogP contribution in [0.5, 0.6) is 0 Å². The molecule has 0 unspecified atom stereocenters. The number of carbonyl (C=O) groups is 1. The van der Waals surface area contributed by atoms with Crippen LogP contribution in [0.1, 0.15) is 32.8 Å². The molecular weight excluding hydrogens is 436 g/mol. The van der Waals surface area contributed by atoms with E-state index in [1.165, 1.54) is 23.9 Å². The number of benzene rings is 2. The second-order valence-corrected chi connectivity index (χ2v) is 10.2. The van der Waals surface area contributed by atoms with E-state index in [9.17, 15) is 13.2 Å². The molecule has 8 heteroatoms. The monoisotopic (exact) mass is 464 g/mol. The van der Waals surface area contributed by atoms with E-state index >= 15 is 0 Å². The molecule has 0 aliphatic heterocycles. The smallest absolute Gasteiger partial charge is 0.264 e. The van der Waals surface area contributed by atoms with Crippen molar-refractivity contribution in [1.29, 1.82) is 0 Å². The molecule has 0 atom stereocenters. The lowest BCUT2D eigenvalue weighted by Crippen LogP contribution is -2.40. The van der Waals surface area contributed by atoms with E-state index in [0.29, 0.717) is 12.1 Å². The maximum atomic E-state index is 13.2. The molecule has 0 fully saturated rings. The predicted octanol–water partition coefficient (Wildman–Crippen LogP) is 4.14. The van der Waals surface area contributed by atoms with Crippen molar-refractivity contribution < 1.29 is 13.2 Å². The molecule has 33 heavy (non-hydrogen) atoms. The van der Waals surface area contributed by atoms with Gasteiger partial charge in [-0.25, -0.2) is 13.8 Å². The zero-order valence-electron chi connectivity index (χ0n) is 19.0. The molecule has 0 aliphatic carbocycles. The number of rotatable bonds is 9. The van der Waals surface area contributed by atoms with Gasteiger partial charge >= 0.3 is 0 Å². The molecule has 1 heterocycles. The van der Waals surface area contributed by atoms with Gasteiger partial charge in [0.25, 0.3) is 15.9 Å². The number of hydrogen-bond donors (Lipinski definition) is 1. The highest BCUT2D eigenvalue weighted by Crippen LogP contribution is 2.27. The predicted molar refractivity (Wildman–Crippen MR) is 131 cm³/mol. The lowest BCUT2D eigenvalue weighted by atomic mass is 9.80. The first kappa shape index (κ1) is 24.1. The maximum absolute atomic E-state index is 13.2. The van der Waals surface area contributed by atoms with Gasteiger partial charge in [-0.2, -0.15) is 5.10 Å². The molecule has 0 radical (unpaired) electrons. The summed E-state index contributed by atoms with van der Waals surface area (Å²) in [4.78, 5) is 16.8. The third kappa shape index (κ3) is 6.26. The van der Waals surface area contributed by atoms with Gasteiger partial charge in [0.2, 0.25) is 0 Å². The van der Waals surface area contributed by atoms with E-state index < -0.39 is 22.5 Å². The number of sulfonamides is 1. The zero-order valence-corrected chi connectivity index (χ0v) is 19.8. The molecule has 1 amide bonds. The fourth-order valence-electron chi connectivity index (χ4n) is 3.53. The van der Waals surface area contributed by atoms with E-state index in [1.54, 1.807) is 36.5 Å². The number of hydrazone groups is 1. The van der Waals surface area contributed by atoms with Gasteiger partial charge < -0.3 is 0 Å². The van der Waals surface area contributed by atoms with Crippen LogP contribution in [0.3, 0.4) is 0 Å². The quantitative estimate of drug-likeness (QED) is 0.381. The summed E-state index contributed by atoms with van der Waals surface area (Å²) in [6.45, 7) is 5.63. The van der Waals surface area contributed by atoms with Gasteiger partial charge in [0, 0.05) is 11.9 Å². The van der Waals surface area contributed by atoms with Crippen molar-refractivity contribution in [2.24, 2.45) is 5.10 Å². The number of anilines is 1. The number of nitrogens with zero attached hydrogens (tertiary/aromatic N) is 3. The number of carbonyl (C=O) groups excluding carboxylic acids is 1. The van der Waals surface area contributed by atoms with Crippen LogP contribution in [0.2, 0.25) is 0 Å². The molecule has 3 aromatic rings. The van der Waals surface area contributed by atoms with Crippen molar-refractivity contribution in [2.45, 2.75) is 37.5 Å². The summed E-state index contributed by atoms with van der Waals surface area (Å²) < 4.78 is 27.5. The lowest BCUT2D eigenvalue weighted by molar-refractivity contribution is -0.119. The van der Waals surface area contributed by atoms with Crippen molar-refractivity contribution in [3.8, 4) is 0 Å². The number of pyridine rings is 1. The first-order valence-electron chi connectivity index (χ1n) is 10.6. The van der Waals surface area contributed by atoms with E-state index in [4.69, 9.17) is 0 Å². The highest BCUT2D eigenvalue weighted by atomic mass is 32.2. The number of aromatic nitrogens is 1. The number of nitrogens with one attached hydrogen (secondary N) is 1. The van der Waals surface area contributed by atoms with E-state index in [2.05, 4.69) is 41.5 Å². The van der Waals surface area contributed by atoms with Gasteiger partial charge in [0.05, 0.1) is 16.8 Å². The minimum atomic E-state index is -3.97. The summed E-state index contributed by atoms with van der Waals surface area (Å²) in [5, 5.41) is 4.22. The van der Waals surface area contributed by atoms with Crippen LogP contribution in [-0.2, 0) is 20.2 Å². The summed E-state index contributed by atoms with van der Waals surface area (Å²) in [6.07, 6.45) is 3.58. The largest absolute Gasteiger partial charge is 0.271 e. The molecule has 172 valence electrons. The first-order valence-corrected chi connectivity index (χ1v) is 12.0. The highest BCUT2D eigenvalue weighted by molar-refractivity contribution is 7.92. The van der Waals surface area contributed by atoms with Gasteiger partial charge in [-0.15, -0.1) is 0 Å². The fraction of sp³-hybridized carbons (Fsp3) is 0.240. The van der Waals surface area contributed by atoms with E-state index in [1.807, 2.05) is 25.1 Å². The number of hydrogen-bond acceptors (Lipinski definition) is 5. The van der Waals surface area contributed by atoms with Crippen LogP contribution in [-0.4, -0.2) is 31.6 Å². The van der Waals surface area contributed by atoms with Crippen LogP contribution >= 0.6 is 0 Å². The number of amides is 1. The van der Waals surface area contributed by atoms with E-state index in [0.717, 1.165) is 10.0 Å². The Balaban J connectivity index is 1.75. The topological polar surface area (TPSA) is 91.7 Å². The molecule has 0 bridgehead atoms. The molecule has 7 nitrogen and oxygen atoms in total. The average Bonchev–Trinajstić information content (AvgIpc) is 2.82. The van der Waals surface area contributed by atoms with Crippen LogP contribution in [0, 0.1) is 0 Å². The van der Waals surface area contributed by atoms with Gasteiger partial charge in [0.1, 0.15) is 6.54 Å². The Morgan fingerprint density at radius 1 is 1.00 bits per heavy atom. The molecule has 3 rings (SSSR count). The van der Waals surface area contributed by atoms with Crippen LogP contribution < -0.4 is 9.73 Å². The van der Waals surface area contributed by atoms with Gasteiger partial charge in [-0.1, -0.05) is 62.4 Å². The third-order valence-electron chi connectivity index (χ3n) is 5.18. The Labute approximate surface area is 195 Å². The Morgan fingerprint density at radius 3 is 2.24 bits per heavy atom. The molecule has 0 spiro atoms. The summed E-state index contributed by atoms with van der Waals surface area (Å²) >= 11 is 0. The van der Waals surface area contributed by atoms with Crippen LogP contribution in [0.4, 0.5) is 5.69 Å². The SMILES string of the molecule is C/C(CC(C)(C)c1ccccc1)=N/NC(=O)CN(c1cccnc1)S(=O)(=O)c1ccccc1. The second-order valence-electron chi connectivity index (χ2n) is 8.34. The van der Waals surface area contributed by atoms with Gasteiger partial charge in [-0.3, -0.25) is 14.1 Å². The summed E-state index contributed by atoms with van der Waals surface area (Å²) in [7, 11) is -3.97. The lowest BCUT2D eigenvalue weighted by Gasteiger charge is -2.25. The average molecular weight is 465 g/mol. The van der Waals surface area contributed by atoms with Crippen molar-refractivity contribution in [3.05, 3.63) is 90.8 Å². The first-order chi connectivity index (χ1) is 15.7. The van der Waals surface area contributed by atoms with Gasteiger partial charge in [-0.05, 0) is 48.6 Å². The van der Waals surface area contributed by atoms with Crippen LogP contribution in [0.15, 0.2) is 95.2 Å². The van der Waals surface area contributed by atoms with Crippen LogP contribution in [0.25, 0.3) is 0 Å². The highest BCUT2D eigenvalue weighted by Gasteiger charge is 2.27. The molecule has 1 N–H and O–H groups in total. The van der Waals surface area contributed by atoms with Crippen molar-refractivity contribution in [2.75, 3.05) is 10.8 Å². The normalized spacial score (nSPS) is 12.3. The summed E-state index contributed by atoms with van der Waals surface area (Å²) in [5.41, 5.74) is 4.53. The standard InChI is InChI=1S/C25H28N4O3S/c1-20(17-25(2,3)21-11-6-4-7-12-21)27-28-24(30)19-29(22-13-10-16-26-18-22)33(31,32)23-14-8-5-9-15-23/h4-16,18H,17,19H2,1-3H3,(H,28,30)/b27-20-. The zero-order chi connectivity index (χ0) is 23.9. The second kappa shape index (κ2) is 10.4. The third-order valence-corrected chi connectivity index (χ3v) is 6.96. The van der Waals surface area contributed by atoms with E-state index in [-0.39, 0.29) is 10.3 Å². The Morgan fingerprint density at radius 2 is 1.64 bits per heavy atom. The molecule has 2 aromatic carbocycles. The summed E-state index contributed by atoms with van der Waals surface area (Å²) in [6, 6.07) is 21.3. The van der Waals surface area contributed by atoms with Crippen molar-refractivity contribution in [3.63, 3.8) is 0 Å². The van der Waals surface area contributed by atoms with Crippen molar-refractivity contribution >= 4 is 27.3 Å².